The molecular weight excluding hydrogens is 322 g/mol. The first-order chi connectivity index (χ1) is 12.7. The second-order valence-corrected chi connectivity index (χ2v) is 7.06. The molecule has 0 bridgehead atoms. The minimum atomic E-state index is 0.687. The Morgan fingerprint density at radius 3 is 2.54 bits per heavy atom. The van der Waals surface area contributed by atoms with Crippen LogP contribution in [-0.4, -0.2) is 28.6 Å². The summed E-state index contributed by atoms with van der Waals surface area (Å²) in [4.78, 5) is 8.78. The molecule has 2 rings (SSSR count). The van der Waals surface area contributed by atoms with Crippen molar-refractivity contribution in [2.75, 3.05) is 13.1 Å². The number of guanidine groups is 1. The van der Waals surface area contributed by atoms with Crippen molar-refractivity contribution >= 4 is 5.96 Å². The molecule has 0 fully saturated rings. The van der Waals surface area contributed by atoms with E-state index in [-0.39, 0.29) is 0 Å². The van der Waals surface area contributed by atoms with E-state index in [1.54, 1.807) is 6.20 Å². The molecule has 0 saturated heterocycles. The van der Waals surface area contributed by atoms with Crippen molar-refractivity contribution in [3.05, 3.63) is 54.1 Å². The Kier molecular flexibility index (Phi) is 8.73. The summed E-state index contributed by atoms with van der Waals surface area (Å²) >= 11 is 0. The fourth-order valence-corrected chi connectivity index (χ4v) is 2.74. The van der Waals surface area contributed by atoms with Crippen molar-refractivity contribution in [1.82, 2.24) is 20.2 Å². The predicted molar refractivity (Wildman–Crippen MR) is 109 cm³/mol. The minimum absolute atomic E-state index is 0.687. The lowest BCUT2D eigenvalue weighted by Gasteiger charge is -2.12. The number of hydrogen-bond acceptors (Lipinski definition) is 2. The summed E-state index contributed by atoms with van der Waals surface area (Å²) in [5.41, 5.74) is 2.49. The van der Waals surface area contributed by atoms with Crippen molar-refractivity contribution in [2.45, 2.75) is 53.1 Å². The number of rotatable bonds is 10. The van der Waals surface area contributed by atoms with Crippen LogP contribution in [0.1, 0.15) is 51.2 Å². The lowest BCUT2D eigenvalue weighted by Crippen LogP contribution is -2.37. The van der Waals surface area contributed by atoms with Crippen LogP contribution in [0.5, 0.6) is 0 Å². The van der Waals surface area contributed by atoms with Gasteiger partial charge in [-0.1, -0.05) is 51.0 Å². The molecule has 26 heavy (non-hydrogen) atoms. The molecule has 0 aliphatic heterocycles. The number of nitrogens with zero attached hydrogens (tertiary/aromatic N) is 3. The molecule has 0 radical (unpaired) electrons. The van der Waals surface area contributed by atoms with Gasteiger partial charge in [0.1, 0.15) is 0 Å². The maximum Gasteiger partial charge on any atom is 0.191 e. The predicted octanol–water partition coefficient (Wildman–Crippen LogP) is 3.81. The van der Waals surface area contributed by atoms with Crippen LogP contribution in [0, 0.1) is 5.92 Å². The van der Waals surface area contributed by atoms with Crippen LogP contribution in [0.3, 0.4) is 0 Å². The molecule has 2 aromatic rings. The van der Waals surface area contributed by atoms with Crippen molar-refractivity contribution < 1.29 is 0 Å². The quantitative estimate of drug-likeness (QED) is 0.387. The molecule has 1 aromatic heterocycles. The number of aliphatic imine (C=N–C) groups is 1. The smallest absolute Gasteiger partial charge is 0.191 e. The van der Waals surface area contributed by atoms with Crippen LogP contribution in [-0.2, 0) is 13.1 Å². The number of imidazole rings is 1. The maximum atomic E-state index is 4.70. The molecule has 0 aliphatic carbocycles. The molecule has 0 amide bonds. The highest BCUT2D eigenvalue weighted by Gasteiger charge is 2.00. The molecule has 1 heterocycles. The Bertz CT molecular complexity index is 629. The molecule has 0 spiro atoms. The average molecular weight is 356 g/mol. The Labute approximate surface area is 158 Å². The van der Waals surface area contributed by atoms with Gasteiger partial charge >= 0.3 is 0 Å². The summed E-state index contributed by atoms with van der Waals surface area (Å²) in [7, 11) is 0. The standard InChI is InChI=1S/C21H33N5/c1-4-23-21(24-12-6-5-7-18(2)3)25-15-19-8-10-20(11-9-19)16-26-14-13-22-17-26/h8-11,13-14,17-18H,4-7,12,15-16H2,1-3H3,(H2,23,24,25). The van der Waals surface area contributed by atoms with Crippen molar-refractivity contribution in [2.24, 2.45) is 10.9 Å². The van der Waals surface area contributed by atoms with E-state index in [1.807, 2.05) is 12.5 Å². The van der Waals surface area contributed by atoms with Crippen LogP contribution in [0.25, 0.3) is 0 Å². The van der Waals surface area contributed by atoms with E-state index in [1.165, 1.54) is 30.4 Å². The lowest BCUT2D eigenvalue weighted by molar-refractivity contribution is 0.534. The van der Waals surface area contributed by atoms with E-state index in [2.05, 4.69) is 65.2 Å². The first-order valence-electron chi connectivity index (χ1n) is 9.73. The Morgan fingerprint density at radius 2 is 1.88 bits per heavy atom. The highest BCUT2D eigenvalue weighted by atomic mass is 15.2. The van der Waals surface area contributed by atoms with Gasteiger partial charge in [-0.3, -0.25) is 0 Å². The van der Waals surface area contributed by atoms with E-state index in [0.29, 0.717) is 6.54 Å². The third kappa shape index (κ3) is 7.72. The van der Waals surface area contributed by atoms with Crippen molar-refractivity contribution in [3.8, 4) is 0 Å². The van der Waals surface area contributed by atoms with Gasteiger partial charge in [0.15, 0.2) is 5.96 Å². The van der Waals surface area contributed by atoms with Gasteiger partial charge in [-0.2, -0.15) is 0 Å². The molecule has 0 unspecified atom stereocenters. The van der Waals surface area contributed by atoms with Gasteiger partial charge in [-0.05, 0) is 30.4 Å². The van der Waals surface area contributed by atoms with E-state index in [4.69, 9.17) is 4.99 Å². The monoisotopic (exact) mass is 355 g/mol. The molecule has 1 aromatic carbocycles. The minimum Gasteiger partial charge on any atom is -0.357 e. The summed E-state index contributed by atoms with van der Waals surface area (Å²) in [6, 6.07) is 8.64. The van der Waals surface area contributed by atoms with E-state index in [9.17, 15) is 0 Å². The zero-order valence-electron chi connectivity index (χ0n) is 16.4. The Hall–Kier alpha value is -2.30. The molecule has 142 valence electrons. The van der Waals surface area contributed by atoms with Gasteiger partial charge in [0.05, 0.1) is 12.9 Å². The number of unbranched alkanes of at least 4 members (excludes halogenated alkanes) is 1. The van der Waals surface area contributed by atoms with E-state index in [0.717, 1.165) is 31.5 Å². The fourth-order valence-electron chi connectivity index (χ4n) is 2.74. The number of nitrogens with one attached hydrogen (secondary N) is 2. The Balaban J connectivity index is 1.79. The van der Waals surface area contributed by atoms with Gasteiger partial charge < -0.3 is 15.2 Å². The Morgan fingerprint density at radius 1 is 1.12 bits per heavy atom. The van der Waals surface area contributed by atoms with Crippen LogP contribution in [0.4, 0.5) is 0 Å². The molecule has 0 aliphatic rings. The second kappa shape index (κ2) is 11.3. The highest BCUT2D eigenvalue weighted by Crippen LogP contribution is 2.08. The maximum absolute atomic E-state index is 4.70. The molecule has 0 saturated carbocycles. The van der Waals surface area contributed by atoms with Gasteiger partial charge in [-0.15, -0.1) is 0 Å². The summed E-state index contributed by atoms with van der Waals surface area (Å²) < 4.78 is 2.07. The van der Waals surface area contributed by atoms with Crippen LogP contribution < -0.4 is 10.6 Å². The summed E-state index contributed by atoms with van der Waals surface area (Å²) in [5, 5.41) is 6.76. The van der Waals surface area contributed by atoms with Crippen LogP contribution >= 0.6 is 0 Å². The van der Waals surface area contributed by atoms with E-state index < -0.39 is 0 Å². The normalized spacial score (nSPS) is 11.8. The van der Waals surface area contributed by atoms with Gasteiger partial charge in [0.2, 0.25) is 0 Å². The van der Waals surface area contributed by atoms with Crippen LogP contribution in [0.2, 0.25) is 0 Å². The third-order valence-corrected chi connectivity index (χ3v) is 4.21. The van der Waals surface area contributed by atoms with E-state index >= 15 is 0 Å². The fraction of sp³-hybridized carbons (Fsp3) is 0.524. The zero-order valence-corrected chi connectivity index (χ0v) is 16.4. The molecule has 5 heteroatoms. The second-order valence-electron chi connectivity index (χ2n) is 7.06. The molecule has 2 N–H and O–H groups in total. The first-order valence-corrected chi connectivity index (χ1v) is 9.73. The first kappa shape index (κ1) is 20.0. The van der Waals surface area contributed by atoms with Crippen LogP contribution in [0.15, 0.2) is 48.0 Å². The van der Waals surface area contributed by atoms with Gasteiger partial charge in [0, 0.05) is 32.0 Å². The third-order valence-electron chi connectivity index (χ3n) is 4.21. The number of hydrogen-bond donors (Lipinski definition) is 2. The average Bonchev–Trinajstić information content (AvgIpc) is 3.13. The van der Waals surface area contributed by atoms with Gasteiger partial charge in [0.25, 0.3) is 0 Å². The SMILES string of the molecule is CCNC(=NCc1ccc(Cn2ccnc2)cc1)NCCCCC(C)C. The topological polar surface area (TPSA) is 54.2 Å². The molecule has 5 nitrogen and oxygen atoms in total. The lowest BCUT2D eigenvalue weighted by atomic mass is 10.1. The summed E-state index contributed by atoms with van der Waals surface area (Å²) in [6.07, 6.45) is 9.37. The van der Waals surface area contributed by atoms with Gasteiger partial charge in [-0.25, -0.2) is 9.98 Å². The number of benzene rings is 1. The largest absolute Gasteiger partial charge is 0.357 e. The molecule has 0 atom stereocenters. The highest BCUT2D eigenvalue weighted by molar-refractivity contribution is 5.79. The zero-order chi connectivity index (χ0) is 18.6. The van der Waals surface area contributed by atoms with Crippen molar-refractivity contribution in [1.29, 1.82) is 0 Å². The summed E-state index contributed by atoms with van der Waals surface area (Å²) in [5.74, 6) is 1.69. The van der Waals surface area contributed by atoms with Crippen molar-refractivity contribution in [3.63, 3.8) is 0 Å². The summed E-state index contributed by atoms with van der Waals surface area (Å²) in [6.45, 7) is 10.0. The number of aromatic nitrogens is 2. The molecular formula is C21H33N5.